The molecule has 0 bridgehead atoms. The van der Waals surface area contributed by atoms with Crippen molar-refractivity contribution in [3.05, 3.63) is 34.2 Å². The highest BCUT2D eigenvalue weighted by molar-refractivity contribution is 9.09. The van der Waals surface area contributed by atoms with E-state index in [1.165, 1.54) is 9.75 Å². The minimum absolute atomic E-state index is 0.158. The third kappa shape index (κ3) is 2.60. The van der Waals surface area contributed by atoms with Crippen molar-refractivity contribution in [3.8, 4) is 0 Å². The molecule has 1 saturated heterocycles. The summed E-state index contributed by atoms with van der Waals surface area (Å²) in [5.41, 5.74) is 0. The Kier molecular flexibility index (Phi) is 3.45. The lowest BCUT2D eigenvalue weighted by Gasteiger charge is -2.17. The summed E-state index contributed by atoms with van der Waals surface area (Å²) in [6.45, 7) is 3.53. The molecule has 1 unspecified atom stereocenters. The summed E-state index contributed by atoms with van der Waals surface area (Å²) in [5, 5.41) is 4.34. The molecule has 1 amide bonds. The molecule has 19 heavy (non-hydrogen) atoms. The number of carbonyl (C=O) groups is 1. The lowest BCUT2D eigenvalue weighted by molar-refractivity contribution is -0.117. The average molecular weight is 340 g/mol. The first-order chi connectivity index (χ1) is 9.13. The monoisotopic (exact) mass is 339 g/mol. The van der Waals surface area contributed by atoms with Gasteiger partial charge in [0.1, 0.15) is 5.82 Å². The molecule has 3 heterocycles. The number of hydrogen-bond donors (Lipinski definition) is 0. The molecule has 1 fully saturated rings. The SMILES string of the molecule is Cc1ccc(Cn2nccc2N2CC(Br)CC2=O)s1. The number of rotatable bonds is 3. The summed E-state index contributed by atoms with van der Waals surface area (Å²) in [6, 6.07) is 6.13. The van der Waals surface area contributed by atoms with E-state index in [0.717, 1.165) is 12.4 Å². The first kappa shape index (κ1) is 12.9. The van der Waals surface area contributed by atoms with Crippen LogP contribution >= 0.6 is 27.3 Å². The normalized spacial score (nSPS) is 19.4. The molecule has 0 radical (unpaired) electrons. The minimum atomic E-state index is 0.158. The summed E-state index contributed by atoms with van der Waals surface area (Å²) < 4.78 is 1.90. The van der Waals surface area contributed by atoms with E-state index < -0.39 is 0 Å². The lowest BCUT2D eigenvalue weighted by Crippen LogP contribution is -2.27. The second-order valence-electron chi connectivity index (χ2n) is 4.67. The van der Waals surface area contributed by atoms with Gasteiger partial charge in [-0.3, -0.25) is 9.69 Å². The third-order valence-electron chi connectivity index (χ3n) is 3.15. The van der Waals surface area contributed by atoms with Crippen molar-refractivity contribution in [1.82, 2.24) is 9.78 Å². The predicted octanol–water partition coefficient (Wildman–Crippen LogP) is 2.80. The van der Waals surface area contributed by atoms with Gasteiger partial charge in [-0.05, 0) is 19.1 Å². The molecule has 1 atom stereocenters. The summed E-state index contributed by atoms with van der Waals surface area (Å²) in [5.74, 6) is 1.05. The zero-order valence-electron chi connectivity index (χ0n) is 10.5. The predicted molar refractivity (Wildman–Crippen MR) is 80.1 cm³/mol. The van der Waals surface area contributed by atoms with Gasteiger partial charge >= 0.3 is 0 Å². The number of aryl methyl sites for hydroxylation is 1. The Morgan fingerprint density at radius 3 is 2.95 bits per heavy atom. The molecular formula is C13H14BrN3OS. The zero-order valence-corrected chi connectivity index (χ0v) is 12.9. The Morgan fingerprint density at radius 1 is 1.47 bits per heavy atom. The fourth-order valence-corrected chi connectivity index (χ4v) is 3.72. The highest BCUT2D eigenvalue weighted by Gasteiger charge is 2.30. The van der Waals surface area contributed by atoms with E-state index in [2.05, 4.69) is 40.1 Å². The second-order valence-corrected chi connectivity index (χ2v) is 7.33. The van der Waals surface area contributed by atoms with Crippen LogP contribution in [0.15, 0.2) is 24.4 Å². The number of hydrogen-bond acceptors (Lipinski definition) is 3. The first-order valence-corrected chi connectivity index (χ1v) is 7.88. The number of aromatic nitrogens is 2. The van der Waals surface area contributed by atoms with Gasteiger partial charge in [-0.15, -0.1) is 11.3 Å². The van der Waals surface area contributed by atoms with Gasteiger partial charge in [-0.1, -0.05) is 15.9 Å². The Labute approximate surface area is 124 Å². The number of halogens is 1. The zero-order chi connectivity index (χ0) is 13.4. The topological polar surface area (TPSA) is 38.1 Å². The molecule has 0 spiro atoms. The van der Waals surface area contributed by atoms with Crippen molar-refractivity contribution in [2.24, 2.45) is 0 Å². The number of alkyl halides is 1. The van der Waals surface area contributed by atoms with Crippen LogP contribution in [-0.4, -0.2) is 27.1 Å². The van der Waals surface area contributed by atoms with Gasteiger partial charge < -0.3 is 0 Å². The van der Waals surface area contributed by atoms with Gasteiger partial charge in [0.2, 0.25) is 5.91 Å². The molecule has 0 saturated carbocycles. The Bertz CT molecular complexity index is 607. The maximum atomic E-state index is 11.9. The van der Waals surface area contributed by atoms with Gasteiger partial charge in [0.25, 0.3) is 0 Å². The van der Waals surface area contributed by atoms with E-state index in [1.807, 2.05) is 15.6 Å². The molecule has 6 heteroatoms. The van der Waals surface area contributed by atoms with Gasteiger partial charge in [-0.2, -0.15) is 5.10 Å². The molecule has 100 valence electrons. The molecule has 2 aromatic rings. The van der Waals surface area contributed by atoms with Gasteiger partial charge in [0.15, 0.2) is 0 Å². The van der Waals surface area contributed by atoms with E-state index in [4.69, 9.17) is 0 Å². The summed E-state index contributed by atoms with van der Waals surface area (Å²) in [4.78, 5) is 16.6. The lowest BCUT2D eigenvalue weighted by atomic mass is 10.4. The molecule has 1 aliphatic rings. The van der Waals surface area contributed by atoms with Crippen LogP contribution in [-0.2, 0) is 11.3 Å². The number of anilines is 1. The summed E-state index contributed by atoms with van der Waals surface area (Å²) in [6.07, 6.45) is 2.31. The molecule has 0 aromatic carbocycles. The van der Waals surface area contributed by atoms with Crippen LogP contribution in [0.2, 0.25) is 0 Å². The quantitative estimate of drug-likeness (QED) is 0.806. The maximum absolute atomic E-state index is 11.9. The van der Waals surface area contributed by atoms with E-state index in [-0.39, 0.29) is 10.7 Å². The first-order valence-electron chi connectivity index (χ1n) is 6.15. The minimum Gasteiger partial charge on any atom is -0.296 e. The van der Waals surface area contributed by atoms with Crippen LogP contribution in [0.1, 0.15) is 16.2 Å². The second kappa shape index (κ2) is 5.09. The fraction of sp³-hybridized carbons (Fsp3) is 0.385. The molecule has 3 rings (SSSR count). The van der Waals surface area contributed by atoms with Crippen molar-refractivity contribution >= 4 is 39.0 Å². The molecule has 2 aromatic heterocycles. The highest BCUT2D eigenvalue weighted by Crippen LogP contribution is 2.26. The Balaban J connectivity index is 1.84. The van der Waals surface area contributed by atoms with Crippen LogP contribution < -0.4 is 4.90 Å². The Morgan fingerprint density at radius 2 is 2.32 bits per heavy atom. The smallest absolute Gasteiger partial charge is 0.229 e. The number of amides is 1. The van der Waals surface area contributed by atoms with Crippen LogP contribution in [0.4, 0.5) is 5.82 Å². The molecule has 4 nitrogen and oxygen atoms in total. The van der Waals surface area contributed by atoms with Gasteiger partial charge in [0.05, 0.1) is 12.7 Å². The maximum Gasteiger partial charge on any atom is 0.229 e. The van der Waals surface area contributed by atoms with Crippen molar-refractivity contribution in [2.75, 3.05) is 11.4 Å². The number of carbonyl (C=O) groups excluding carboxylic acids is 1. The molecule has 0 N–H and O–H groups in total. The van der Waals surface area contributed by atoms with Crippen molar-refractivity contribution < 1.29 is 4.79 Å². The molecule has 0 aliphatic carbocycles. The average Bonchev–Trinajstić information content (AvgIpc) is 3.02. The van der Waals surface area contributed by atoms with E-state index in [1.54, 1.807) is 17.5 Å². The van der Waals surface area contributed by atoms with Gasteiger partial charge in [-0.25, -0.2) is 4.68 Å². The fourth-order valence-electron chi connectivity index (χ4n) is 2.28. The van der Waals surface area contributed by atoms with Crippen molar-refractivity contribution in [2.45, 2.75) is 24.7 Å². The Hall–Kier alpha value is -1.14. The highest BCUT2D eigenvalue weighted by atomic mass is 79.9. The van der Waals surface area contributed by atoms with Crippen LogP contribution in [0.25, 0.3) is 0 Å². The van der Waals surface area contributed by atoms with E-state index >= 15 is 0 Å². The molecule has 1 aliphatic heterocycles. The van der Waals surface area contributed by atoms with Crippen LogP contribution in [0, 0.1) is 6.92 Å². The molecular weight excluding hydrogens is 326 g/mol. The standard InChI is InChI=1S/C13H14BrN3OS/c1-9-2-3-11(19-9)8-17-12(4-5-15-17)16-7-10(14)6-13(16)18/h2-5,10H,6-8H2,1H3. The third-order valence-corrected chi connectivity index (χ3v) is 4.75. The van der Waals surface area contributed by atoms with E-state index in [0.29, 0.717) is 13.0 Å². The largest absolute Gasteiger partial charge is 0.296 e. The summed E-state index contributed by atoms with van der Waals surface area (Å²) >= 11 is 5.27. The summed E-state index contributed by atoms with van der Waals surface area (Å²) in [7, 11) is 0. The number of thiophene rings is 1. The van der Waals surface area contributed by atoms with Crippen LogP contribution in [0.3, 0.4) is 0 Å². The number of nitrogens with zero attached hydrogens (tertiary/aromatic N) is 3. The van der Waals surface area contributed by atoms with E-state index in [9.17, 15) is 4.79 Å². The van der Waals surface area contributed by atoms with Gasteiger partial charge in [0, 0.05) is 33.6 Å². The van der Waals surface area contributed by atoms with Crippen molar-refractivity contribution in [3.63, 3.8) is 0 Å². The van der Waals surface area contributed by atoms with Crippen molar-refractivity contribution in [1.29, 1.82) is 0 Å². The van der Waals surface area contributed by atoms with Crippen LogP contribution in [0.5, 0.6) is 0 Å².